The van der Waals surface area contributed by atoms with Crippen LogP contribution in [0, 0.1) is 0 Å². The van der Waals surface area contributed by atoms with Gasteiger partial charge < -0.3 is 15.3 Å². The standard InChI is InChI=1S/C14H18Cl2N2O2/c1-2-18-5-3-10(4-6-18)17-14(20)11-7-9(15)8-12(16)13(11)19/h7-8,10,19H,2-6H2,1H3,(H,17,20). The molecule has 1 aromatic rings. The number of likely N-dealkylation sites (tertiary alicyclic amines) is 1. The van der Waals surface area contributed by atoms with Crippen LogP contribution in [0.3, 0.4) is 0 Å². The third kappa shape index (κ3) is 3.57. The summed E-state index contributed by atoms with van der Waals surface area (Å²) in [6.45, 7) is 5.11. The smallest absolute Gasteiger partial charge is 0.255 e. The first-order valence-corrected chi connectivity index (χ1v) is 7.48. The van der Waals surface area contributed by atoms with Crippen molar-refractivity contribution in [3.8, 4) is 5.75 Å². The van der Waals surface area contributed by atoms with Gasteiger partial charge in [-0.1, -0.05) is 30.1 Å². The Balaban J connectivity index is 2.02. The van der Waals surface area contributed by atoms with Crippen molar-refractivity contribution >= 4 is 29.1 Å². The number of rotatable bonds is 3. The van der Waals surface area contributed by atoms with E-state index in [0.29, 0.717) is 5.02 Å². The lowest BCUT2D eigenvalue weighted by molar-refractivity contribution is 0.0910. The molecule has 0 saturated carbocycles. The first-order valence-electron chi connectivity index (χ1n) is 6.72. The summed E-state index contributed by atoms with van der Waals surface area (Å²) < 4.78 is 0. The number of phenolic OH excluding ortho intramolecular Hbond substituents is 1. The first-order chi connectivity index (χ1) is 9.51. The van der Waals surface area contributed by atoms with Gasteiger partial charge in [-0.15, -0.1) is 0 Å². The maximum absolute atomic E-state index is 12.2. The molecule has 1 saturated heterocycles. The van der Waals surface area contributed by atoms with Gasteiger partial charge in [0.1, 0.15) is 5.75 Å². The fourth-order valence-electron chi connectivity index (χ4n) is 2.40. The van der Waals surface area contributed by atoms with Crippen molar-refractivity contribution in [2.45, 2.75) is 25.8 Å². The zero-order chi connectivity index (χ0) is 14.7. The van der Waals surface area contributed by atoms with E-state index in [1.165, 1.54) is 12.1 Å². The zero-order valence-corrected chi connectivity index (χ0v) is 12.8. The third-order valence-electron chi connectivity index (χ3n) is 3.64. The second-order valence-corrected chi connectivity index (χ2v) is 5.81. The van der Waals surface area contributed by atoms with E-state index in [4.69, 9.17) is 23.2 Å². The number of nitrogens with zero attached hydrogens (tertiary/aromatic N) is 1. The van der Waals surface area contributed by atoms with Crippen molar-refractivity contribution in [1.29, 1.82) is 0 Å². The summed E-state index contributed by atoms with van der Waals surface area (Å²) in [6.07, 6.45) is 1.82. The van der Waals surface area contributed by atoms with Gasteiger partial charge in [-0.25, -0.2) is 0 Å². The van der Waals surface area contributed by atoms with E-state index >= 15 is 0 Å². The molecule has 0 radical (unpaired) electrons. The highest BCUT2D eigenvalue weighted by molar-refractivity contribution is 6.36. The van der Waals surface area contributed by atoms with Crippen molar-refractivity contribution in [2.24, 2.45) is 0 Å². The minimum Gasteiger partial charge on any atom is -0.506 e. The van der Waals surface area contributed by atoms with Gasteiger partial charge in [0.05, 0.1) is 10.6 Å². The Hall–Kier alpha value is -0.970. The number of amides is 1. The SMILES string of the molecule is CCN1CCC(NC(=O)c2cc(Cl)cc(Cl)c2O)CC1. The van der Waals surface area contributed by atoms with Crippen molar-refractivity contribution in [1.82, 2.24) is 10.2 Å². The van der Waals surface area contributed by atoms with E-state index in [2.05, 4.69) is 17.1 Å². The third-order valence-corrected chi connectivity index (χ3v) is 4.15. The van der Waals surface area contributed by atoms with E-state index in [9.17, 15) is 9.90 Å². The second-order valence-electron chi connectivity index (χ2n) is 4.97. The molecule has 6 heteroatoms. The summed E-state index contributed by atoms with van der Waals surface area (Å²) in [5.74, 6) is -0.554. The molecule has 1 aromatic carbocycles. The minimum atomic E-state index is -0.332. The Morgan fingerprint density at radius 1 is 1.40 bits per heavy atom. The summed E-state index contributed by atoms with van der Waals surface area (Å²) in [6, 6.07) is 2.97. The van der Waals surface area contributed by atoms with Crippen LogP contribution in [0.15, 0.2) is 12.1 Å². The molecule has 20 heavy (non-hydrogen) atoms. The van der Waals surface area contributed by atoms with Crippen LogP contribution in [-0.4, -0.2) is 41.6 Å². The van der Waals surface area contributed by atoms with E-state index < -0.39 is 0 Å². The lowest BCUT2D eigenvalue weighted by Crippen LogP contribution is -2.44. The van der Waals surface area contributed by atoms with Gasteiger partial charge in [0.15, 0.2) is 0 Å². The van der Waals surface area contributed by atoms with Gasteiger partial charge in [0.25, 0.3) is 5.91 Å². The molecule has 2 N–H and O–H groups in total. The Labute approximate surface area is 128 Å². The van der Waals surface area contributed by atoms with E-state index in [1.54, 1.807) is 0 Å². The lowest BCUT2D eigenvalue weighted by Gasteiger charge is -2.31. The van der Waals surface area contributed by atoms with Crippen molar-refractivity contribution in [3.05, 3.63) is 27.7 Å². The lowest BCUT2D eigenvalue weighted by atomic mass is 10.0. The number of nitrogens with one attached hydrogen (secondary N) is 1. The Morgan fingerprint density at radius 2 is 2.05 bits per heavy atom. The Bertz CT molecular complexity index is 500. The van der Waals surface area contributed by atoms with Crippen LogP contribution in [0.25, 0.3) is 0 Å². The van der Waals surface area contributed by atoms with Crippen LogP contribution >= 0.6 is 23.2 Å². The van der Waals surface area contributed by atoms with Crippen LogP contribution in [0.1, 0.15) is 30.1 Å². The highest BCUT2D eigenvalue weighted by Gasteiger charge is 2.22. The van der Waals surface area contributed by atoms with Gasteiger partial charge in [-0.3, -0.25) is 4.79 Å². The molecule has 0 aliphatic carbocycles. The molecule has 1 amide bonds. The quantitative estimate of drug-likeness (QED) is 0.901. The number of hydrogen-bond donors (Lipinski definition) is 2. The van der Waals surface area contributed by atoms with Gasteiger partial charge in [-0.2, -0.15) is 0 Å². The molecule has 110 valence electrons. The molecular formula is C14H18Cl2N2O2. The molecule has 4 nitrogen and oxygen atoms in total. The molecule has 2 rings (SSSR count). The molecule has 1 heterocycles. The summed E-state index contributed by atoms with van der Waals surface area (Å²) in [4.78, 5) is 14.5. The average molecular weight is 317 g/mol. The number of piperidine rings is 1. The number of carbonyl (C=O) groups is 1. The maximum Gasteiger partial charge on any atom is 0.255 e. The maximum atomic E-state index is 12.2. The van der Waals surface area contributed by atoms with Gasteiger partial charge in [-0.05, 0) is 31.5 Å². The summed E-state index contributed by atoms with van der Waals surface area (Å²) in [7, 11) is 0. The van der Waals surface area contributed by atoms with Crippen molar-refractivity contribution in [2.75, 3.05) is 19.6 Å². The average Bonchev–Trinajstić information content (AvgIpc) is 2.43. The van der Waals surface area contributed by atoms with E-state index in [-0.39, 0.29) is 28.3 Å². The molecular weight excluding hydrogens is 299 g/mol. The monoisotopic (exact) mass is 316 g/mol. The molecule has 0 aromatic heterocycles. The van der Waals surface area contributed by atoms with Crippen LogP contribution in [0.5, 0.6) is 5.75 Å². The number of phenols is 1. The first kappa shape index (κ1) is 15.4. The minimum absolute atomic E-state index is 0.0865. The highest BCUT2D eigenvalue weighted by Crippen LogP contribution is 2.31. The number of benzene rings is 1. The van der Waals surface area contributed by atoms with Gasteiger partial charge in [0, 0.05) is 24.2 Å². The fourth-order valence-corrected chi connectivity index (χ4v) is 2.89. The Morgan fingerprint density at radius 3 is 2.65 bits per heavy atom. The predicted molar refractivity (Wildman–Crippen MR) is 80.7 cm³/mol. The fraction of sp³-hybridized carbons (Fsp3) is 0.500. The van der Waals surface area contributed by atoms with Gasteiger partial charge >= 0.3 is 0 Å². The van der Waals surface area contributed by atoms with Gasteiger partial charge in [0.2, 0.25) is 0 Å². The summed E-state index contributed by atoms with van der Waals surface area (Å²) in [5, 5.41) is 13.2. The Kier molecular flexibility index (Phi) is 5.13. The van der Waals surface area contributed by atoms with Crippen LogP contribution in [-0.2, 0) is 0 Å². The largest absolute Gasteiger partial charge is 0.506 e. The number of halogens is 2. The topological polar surface area (TPSA) is 52.6 Å². The van der Waals surface area contributed by atoms with Crippen molar-refractivity contribution < 1.29 is 9.90 Å². The molecule has 0 atom stereocenters. The molecule has 0 unspecified atom stereocenters. The normalized spacial score (nSPS) is 17.1. The number of carbonyl (C=O) groups excluding carboxylic acids is 1. The number of aromatic hydroxyl groups is 1. The van der Waals surface area contributed by atoms with Crippen LogP contribution in [0.4, 0.5) is 0 Å². The molecule has 1 fully saturated rings. The molecule has 0 spiro atoms. The highest BCUT2D eigenvalue weighted by atomic mass is 35.5. The molecule has 1 aliphatic rings. The summed E-state index contributed by atoms with van der Waals surface area (Å²) >= 11 is 11.7. The van der Waals surface area contributed by atoms with E-state index in [0.717, 1.165) is 32.5 Å². The van der Waals surface area contributed by atoms with E-state index in [1.807, 2.05) is 0 Å². The van der Waals surface area contributed by atoms with Crippen LogP contribution in [0.2, 0.25) is 10.0 Å². The molecule has 1 aliphatic heterocycles. The zero-order valence-electron chi connectivity index (χ0n) is 11.3. The molecule has 0 bridgehead atoms. The summed E-state index contributed by atoms with van der Waals surface area (Å²) in [5.41, 5.74) is 0.125. The second kappa shape index (κ2) is 6.66. The number of hydrogen-bond acceptors (Lipinski definition) is 3. The van der Waals surface area contributed by atoms with Crippen molar-refractivity contribution in [3.63, 3.8) is 0 Å². The predicted octanol–water partition coefficient (Wildman–Crippen LogP) is 2.91. The van der Waals surface area contributed by atoms with Crippen LogP contribution < -0.4 is 5.32 Å².